The van der Waals surface area contributed by atoms with Crippen LogP contribution in [0, 0.1) is 11.8 Å². The molecule has 0 bridgehead atoms. The van der Waals surface area contributed by atoms with Gasteiger partial charge in [-0.1, -0.05) is 72.3 Å². The number of allylic oxidation sites excluding steroid dienone is 1. The molecule has 0 aromatic rings. The first-order valence-electron chi connectivity index (χ1n) is 10.9. The van der Waals surface area contributed by atoms with E-state index in [0.29, 0.717) is 18.5 Å². The van der Waals surface area contributed by atoms with Crippen molar-refractivity contribution in [1.29, 1.82) is 0 Å². The fraction of sp³-hybridized carbons (Fsp3) is 0.667. The Bertz CT molecular complexity index is 536. The summed E-state index contributed by atoms with van der Waals surface area (Å²) in [6, 6.07) is 0.814. The summed E-state index contributed by atoms with van der Waals surface area (Å²) in [7, 11) is 0. The predicted octanol–water partition coefficient (Wildman–Crippen LogP) is 5.40. The Hall–Kier alpha value is -1.64. The lowest BCUT2D eigenvalue weighted by Crippen LogP contribution is -2.38. The fourth-order valence-electron chi connectivity index (χ4n) is 3.83. The standard InChI is InChI=1S/C24H41N3/c1-17(2)14-24(26-19(4)15-22-10-8-7-9-11-22)21(6)25-16-18(3)20(5)27-23-12-13-23/h17,22-27H,3-16H2,1-2H3/t24-/m0/s1. The van der Waals surface area contributed by atoms with Crippen LogP contribution in [0.25, 0.3) is 0 Å². The first-order chi connectivity index (χ1) is 12.8. The van der Waals surface area contributed by atoms with Crippen LogP contribution in [0.3, 0.4) is 0 Å². The number of rotatable bonds is 13. The topological polar surface area (TPSA) is 36.1 Å². The van der Waals surface area contributed by atoms with Gasteiger partial charge in [0, 0.05) is 29.7 Å². The third kappa shape index (κ3) is 8.28. The maximum Gasteiger partial charge on any atom is 0.0653 e. The minimum atomic E-state index is 0.207. The molecule has 2 aliphatic rings. The maximum atomic E-state index is 4.32. The molecule has 2 saturated carbocycles. The molecule has 3 nitrogen and oxygen atoms in total. The normalized spacial score (nSPS) is 18.6. The van der Waals surface area contributed by atoms with Crippen LogP contribution in [0.15, 0.2) is 49.0 Å². The van der Waals surface area contributed by atoms with Gasteiger partial charge in [0.15, 0.2) is 0 Å². The fourth-order valence-corrected chi connectivity index (χ4v) is 3.83. The molecule has 0 aromatic carbocycles. The molecular formula is C24H41N3. The highest BCUT2D eigenvalue weighted by molar-refractivity contribution is 5.27. The van der Waals surface area contributed by atoms with Crippen molar-refractivity contribution in [2.75, 3.05) is 6.54 Å². The molecule has 0 spiro atoms. The molecule has 3 heteroatoms. The second kappa shape index (κ2) is 10.6. The number of hydrogen-bond acceptors (Lipinski definition) is 3. The van der Waals surface area contributed by atoms with Crippen molar-refractivity contribution in [2.45, 2.75) is 83.7 Å². The van der Waals surface area contributed by atoms with E-state index >= 15 is 0 Å². The summed E-state index contributed by atoms with van der Waals surface area (Å²) >= 11 is 0. The van der Waals surface area contributed by atoms with Crippen LogP contribution in [0.5, 0.6) is 0 Å². The third-order valence-electron chi connectivity index (χ3n) is 5.68. The van der Waals surface area contributed by atoms with Gasteiger partial charge in [-0.25, -0.2) is 0 Å². The van der Waals surface area contributed by atoms with Crippen LogP contribution >= 0.6 is 0 Å². The SMILES string of the molecule is C=C(CC1CCCCC1)N[C@@H](CC(C)C)C(=C)NCC(=C)C(=C)NC1CC1. The summed E-state index contributed by atoms with van der Waals surface area (Å²) in [6.07, 6.45) is 11.5. The zero-order valence-corrected chi connectivity index (χ0v) is 17.7. The molecule has 2 rings (SSSR count). The zero-order valence-electron chi connectivity index (χ0n) is 17.7. The Morgan fingerprint density at radius 2 is 1.63 bits per heavy atom. The second-order valence-electron chi connectivity index (χ2n) is 9.02. The molecule has 2 fully saturated rings. The molecular weight excluding hydrogens is 330 g/mol. The molecule has 27 heavy (non-hydrogen) atoms. The van der Waals surface area contributed by atoms with Gasteiger partial charge in [-0.15, -0.1) is 0 Å². The summed E-state index contributed by atoms with van der Waals surface area (Å²) in [4.78, 5) is 0. The molecule has 0 saturated heterocycles. The lowest BCUT2D eigenvalue weighted by atomic mass is 9.86. The highest BCUT2D eigenvalue weighted by Gasteiger charge is 2.22. The van der Waals surface area contributed by atoms with Crippen molar-refractivity contribution in [1.82, 2.24) is 16.0 Å². The van der Waals surface area contributed by atoms with E-state index in [4.69, 9.17) is 0 Å². The minimum absolute atomic E-state index is 0.207. The lowest BCUT2D eigenvalue weighted by molar-refractivity contribution is 0.346. The van der Waals surface area contributed by atoms with Crippen molar-refractivity contribution >= 4 is 0 Å². The molecule has 3 N–H and O–H groups in total. The average Bonchev–Trinajstić information content (AvgIpc) is 3.43. The van der Waals surface area contributed by atoms with Crippen LogP contribution in [-0.2, 0) is 0 Å². The smallest absolute Gasteiger partial charge is 0.0653 e. The van der Waals surface area contributed by atoms with E-state index in [2.05, 4.69) is 56.1 Å². The summed E-state index contributed by atoms with van der Waals surface area (Å²) in [5.74, 6) is 1.40. The van der Waals surface area contributed by atoms with E-state index in [1.165, 1.54) is 44.9 Å². The Morgan fingerprint density at radius 1 is 0.963 bits per heavy atom. The van der Waals surface area contributed by atoms with Crippen molar-refractivity contribution in [3.05, 3.63) is 49.0 Å². The molecule has 0 aromatic heterocycles. The van der Waals surface area contributed by atoms with Gasteiger partial charge in [0.05, 0.1) is 6.04 Å². The van der Waals surface area contributed by atoms with E-state index in [-0.39, 0.29) is 6.04 Å². The highest BCUT2D eigenvalue weighted by atomic mass is 15.0. The Labute approximate surface area is 167 Å². The van der Waals surface area contributed by atoms with Crippen molar-refractivity contribution in [3.8, 4) is 0 Å². The van der Waals surface area contributed by atoms with Gasteiger partial charge in [-0.05, 0) is 43.1 Å². The van der Waals surface area contributed by atoms with Gasteiger partial charge < -0.3 is 16.0 Å². The molecule has 0 radical (unpaired) electrons. The van der Waals surface area contributed by atoms with Crippen molar-refractivity contribution in [2.24, 2.45) is 11.8 Å². The second-order valence-corrected chi connectivity index (χ2v) is 9.02. The molecule has 2 aliphatic carbocycles. The molecule has 152 valence electrons. The third-order valence-corrected chi connectivity index (χ3v) is 5.68. The van der Waals surface area contributed by atoms with Gasteiger partial charge in [-0.3, -0.25) is 0 Å². The molecule has 0 unspecified atom stereocenters. The van der Waals surface area contributed by atoms with E-state index in [1.54, 1.807) is 0 Å². The van der Waals surface area contributed by atoms with Gasteiger partial charge in [0.2, 0.25) is 0 Å². The zero-order chi connectivity index (χ0) is 19.8. The van der Waals surface area contributed by atoms with E-state index in [1.807, 2.05) is 0 Å². The summed E-state index contributed by atoms with van der Waals surface area (Å²) in [5.41, 5.74) is 4.14. The van der Waals surface area contributed by atoms with Crippen LogP contribution in [0.2, 0.25) is 0 Å². The van der Waals surface area contributed by atoms with E-state index in [0.717, 1.165) is 41.4 Å². The van der Waals surface area contributed by atoms with E-state index in [9.17, 15) is 0 Å². The summed E-state index contributed by atoms with van der Waals surface area (Å²) in [5, 5.41) is 10.6. The van der Waals surface area contributed by atoms with Crippen LogP contribution in [0.4, 0.5) is 0 Å². The van der Waals surface area contributed by atoms with Gasteiger partial charge in [0.25, 0.3) is 0 Å². The van der Waals surface area contributed by atoms with Gasteiger partial charge in [0.1, 0.15) is 0 Å². The predicted molar refractivity (Wildman–Crippen MR) is 118 cm³/mol. The Kier molecular flexibility index (Phi) is 8.53. The highest BCUT2D eigenvalue weighted by Crippen LogP contribution is 2.28. The average molecular weight is 372 g/mol. The van der Waals surface area contributed by atoms with Crippen molar-refractivity contribution in [3.63, 3.8) is 0 Å². The monoisotopic (exact) mass is 371 g/mol. The Balaban J connectivity index is 1.79. The first kappa shape index (κ1) is 21.7. The summed E-state index contributed by atoms with van der Waals surface area (Å²) < 4.78 is 0. The van der Waals surface area contributed by atoms with Crippen LogP contribution in [0.1, 0.15) is 71.6 Å². The minimum Gasteiger partial charge on any atom is -0.383 e. The Morgan fingerprint density at radius 3 is 2.22 bits per heavy atom. The lowest BCUT2D eigenvalue weighted by Gasteiger charge is -2.29. The molecule has 1 atom stereocenters. The molecule has 0 amide bonds. The summed E-state index contributed by atoms with van der Waals surface area (Å²) in [6.45, 7) is 22.1. The molecule has 0 heterocycles. The van der Waals surface area contributed by atoms with Gasteiger partial charge in [-0.2, -0.15) is 0 Å². The van der Waals surface area contributed by atoms with Crippen LogP contribution < -0.4 is 16.0 Å². The first-order valence-corrected chi connectivity index (χ1v) is 10.9. The quantitative estimate of drug-likeness (QED) is 0.379. The van der Waals surface area contributed by atoms with Crippen LogP contribution in [-0.4, -0.2) is 18.6 Å². The van der Waals surface area contributed by atoms with Crippen molar-refractivity contribution < 1.29 is 0 Å². The number of hydrogen-bond donors (Lipinski definition) is 3. The largest absolute Gasteiger partial charge is 0.383 e. The number of nitrogens with one attached hydrogen (secondary N) is 3. The van der Waals surface area contributed by atoms with E-state index < -0.39 is 0 Å². The maximum absolute atomic E-state index is 4.32. The van der Waals surface area contributed by atoms with Gasteiger partial charge >= 0.3 is 0 Å². The molecule has 0 aliphatic heterocycles.